The summed E-state index contributed by atoms with van der Waals surface area (Å²) in [5, 5.41) is 3.44. The third kappa shape index (κ3) is 2.95. The number of anilines is 1. The SMILES string of the molecule is CCC[C@H](C)Nc1ccccc1. The van der Waals surface area contributed by atoms with Gasteiger partial charge in [0.15, 0.2) is 0 Å². The first kappa shape index (κ1) is 9.11. The van der Waals surface area contributed by atoms with E-state index in [1.54, 1.807) is 0 Å². The number of hydrogen-bond acceptors (Lipinski definition) is 1. The maximum absolute atomic E-state index is 3.44. The van der Waals surface area contributed by atoms with Gasteiger partial charge < -0.3 is 5.32 Å². The summed E-state index contributed by atoms with van der Waals surface area (Å²) in [5.41, 5.74) is 1.22. The van der Waals surface area contributed by atoms with E-state index in [0.29, 0.717) is 6.04 Å². The monoisotopic (exact) mass is 163 g/mol. The van der Waals surface area contributed by atoms with Crippen molar-refractivity contribution in [2.75, 3.05) is 5.32 Å². The first-order chi connectivity index (χ1) is 5.83. The van der Waals surface area contributed by atoms with Crippen LogP contribution in [0, 0.1) is 0 Å². The molecule has 1 heteroatoms. The maximum atomic E-state index is 3.44. The summed E-state index contributed by atoms with van der Waals surface area (Å²) in [4.78, 5) is 0. The number of benzene rings is 1. The summed E-state index contributed by atoms with van der Waals surface area (Å²) in [6, 6.07) is 10.9. The molecule has 0 spiro atoms. The van der Waals surface area contributed by atoms with Crippen molar-refractivity contribution in [2.24, 2.45) is 0 Å². The van der Waals surface area contributed by atoms with Crippen molar-refractivity contribution in [3.8, 4) is 0 Å². The largest absolute Gasteiger partial charge is 0.383 e. The first-order valence-corrected chi connectivity index (χ1v) is 4.64. The van der Waals surface area contributed by atoms with Crippen LogP contribution in [0.3, 0.4) is 0 Å². The summed E-state index contributed by atoms with van der Waals surface area (Å²) < 4.78 is 0. The molecule has 12 heavy (non-hydrogen) atoms. The topological polar surface area (TPSA) is 12.0 Å². The molecule has 1 aromatic carbocycles. The lowest BCUT2D eigenvalue weighted by Crippen LogP contribution is -2.14. The highest BCUT2D eigenvalue weighted by Gasteiger charge is 1.98. The van der Waals surface area contributed by atoms with Crippen LogP contribution in [0.5, 0.6) is 0 Å². The van der Waals surface area contributed by atoms with Gasteiger partial charge in [0, 0.05) is 11.7 Å². The highest BCUT2D eigenvalue weighted by atomic mass is 14.9. The van der Waals surface area contributed by atoms with E-state index >= 15 is 0 Å². The molecule has 0 aromatic heterocycles. The average Bonchev–Trinajstić information content (AvgIpc) is 2.06. The van der Waals surface area contributed by atoms with Gasteiger partial charge in [0.25, 0.3) is 0 Å². The van der Waals surface area contributed by atoms with Crippen LogP contribution in [-0.4, -0.2) is 6.04 Å². The highest BCUT2D eigenvalue weighted by molar-refractivity contribution is 5.43. The van der Waals surface area contributed by atoms with Crippen LogP contribution >= 0.6 is 0 Å². The van der Waals surface area contributed by atoms with E-state index in [0.717, 1.165) is 0 Å². The lowest BCUT2D eigenvalue weighted by molar-refractivity contribution is 0.690. The minimum atomic E-state index is 0.581. The Labute approximate surface area is 74.8 Å². The normalized spacial score (nSPS) is 12.5. The molecular weight excluding hydrogens is 146 g/mol. The van der Waals surface area contributed by atoms with Crippen LogP contribution in [0.1, 0.15) is 26.7 Å². The molecule has 0 radical (unpaired) electrons. The van der Waals surface area contributed by atoms with Crippen molar-refractivity contribution >= 4 is 5.69 Å². The zero-order valence-corrected chi connectivity index (χ0v) is 7.88. The van der Waals surface area contributed by atoms with Crippen LogP contribution in [0.15, 0.2) is 30.3 Å². The Morgan fingerprint density at radius 2 is 1.92 bits per heavy atom. The number of nitrogens with one attached hydrogen (secondary N) is 1. The third-order valence-corrected chi connectivity index (χ3v) is 1.91. The minimum absolute atomic E-state index is 0.581. The molecule has 1 atom stereocenters. The fourth-order valence-electron chi connectivity index (χ4n) is 1.32. The second kappa shape index (κ2) is 4.81. The van der Waals surface area contributed by atoms with E-state index in [4.69, 9.17) is 0 Å². The summed E-state index contributed by atoms with van der Waals surface area (Å²) in [7, 11) is 0. The van der Waals surface area contributed by atoms with Crippen LogP contribution in [0.4, 0.5) is 5.69 Å². The molecule has 0 aliphatic heterocycles. The molecule has 1 nitrogen and oxygen atoms in total. The quantitative estimate of drug-likeness (QED) is 0.718. The van der Waals surface area contributed by atoms with E-state index in [1.165, 1.54) is 18.5 Å². The van der Waals surface area contributed by atoms with E-state index in [2.05, 4.69) is 43.4 Å². The summed E-state index contributed by atoms with van der Waals surface area (Å²) in [5.74, 6) is 0. The third-order valence-electron chi connectivity index (χ3n) is 1.91. The molecular formula is C11H17N. The molecule has 0 amide bonds. The molecule has 0 bridgehead atoms. The number of rotatable bonds is 4. The Morgan fingerprint density at radius 1 is 1.25 bits per heavy atom. The molecule has 0 aliphatic rings. The standard InChI is InChI=1S/C11H17N/c1-3-7-10(2)12-11-8-5-4-6-9-11/h4-6,8-10,12H,3,7H2,1-2H3/t10-/m0/s1. The van der Waals surface area contributed by atoms with E-state index in [1.807, 2.05) is 6.07 Å². The van der Waals surface area contributed by atoms with Gasteiger partial charge in [-0.15, -0.1) is 0 Å². The molecule has 0 saturated carbocycles. The van der Waals surface area contributed by atoms with Gasteiger partial charge in [0.05, 0.1) is 0 Å². The second-order valence-corrected chi connectivity index (χ2v) is 3.20. The fraction of sp³-hybridized carbons (Fsp3) is 0.455. The Morgan fingerprint density at radius 3 is 2.50 bits per heavy atom. The zero-order chi connectivity index (χ0) is 8.81. The van der Waals surface area contributed by atoms with Gasteiger partial charge in [0.1, 0.15) is 0 Å². The van der Waals surface area contributed by atoms with Gasteiger partial charge >= 0.3 is 0 Å². The Hall–Kier alpha value is -0.980. The smallest absolute Gasteiger partial charge is 0.0342 e. The molecule has 66 valence electrons. The van der Waals surface area contributed by atoms with Gasteiger partial charge in [-0.1, -0.05) is 31.5 Å². The van der Waals surface area contributed by atoms with E-state index in [9.17, 15) is 0 Å². The van der Waals surface area contributed by atoms with Crippen molar-refractivity contribution < 1.29 is 0 Å². The predicted molar refractivity (Wildman–Crippen MR) is 54.4 cm³/mol. The summed E-state index contributed by atoms with van der Waals surface area (Å²) >= 11 is 0. The predicted octanol–water partition coefficient (Wildman–Crippen LogP) is 3.29. The van der Waals surface area contributed by atoms with Gasteiger partial charge in [-0.3, -0.25) is 0 Å². The van der Waals surface area contributed by atoms with Crippen molar-refractivity contribution in [3.05, 3.63) is 30.3 Å². The van der Waals surface area contributed by atoms with Crippen molar-refractivity contribution in [1.29, 1.82) is 0 Å². The molecule has 0 unspecified atom stereocenters. The Bertz CT molecular complexity index is 206. The van der Waals surface area contributed by atoms with Gasteiger partial charge in [-0.25, -0.2) is 0 Å². The fourth-order valence-corrected chi connectivity index (χ4v) is 1.32. The summed E-state index contributed by atoms with van der Waals surface area (Å²) in [6.45, 7) is 4.43. The zero-order valence-electron chi connectivity index (χ0n) is 7.88. The molecule has 1 rings (SSSR count). The van der Waals surface area contributed by atoms with Crippen molar-refractivity contribution in [3.63, 3.8) is 0 Å². The van der Waals surface area contributed by atoms with Gasteiger partial charge in [-0.05, 0) is 25.5 Å². The molecule has 1 aromatic rings. The lowest BCUT2D eigenvalue weighted by Gasteiger charge is -2.13. The van der Waals surface area contributed by atoms with Crippen LogP contribution in [0.2, 0.25) is 0 Å². The maximum Gasteiger partial charge on any atom is 0.0342 e. The highest BCUT2D eigenvalue weighted by Crippen LogP contribution is 2.09. The van der Waals surface area contributed by atoms with Gasteiger partial charge in [-0.2, -0.15) is 0 Å². The number of hydrogen-bond donors (Lipinski definition) is 1. The van der Waals surface area contributed by atoms with Crippen LogP contribution in [-0.2, 0) is 0 Å². The molecule has 0 saturated heterocycles. The lowest BCUT2D eigenvalue weighted by atomic mass is 10.2. The molecule has 0 fully saturated rings. The van der Waals surface area contributed by atoms with E-state index < -0.39 is 0 Å². The minimum Gasteiger partial charge on any atom is -0.383 e. The molecule has 1 N–H and O–H groups in total. The van der Waals surface area contributed by atoms with Crippen molar-refractivity contribution in [1.82, 2.24) is 0 Å². The van der Waals surface area contributed by atoms with E-state index in [-0.39, 0.29) is 0 Å². The number of para-hydroxylation sites is 1. The Kier molecular flexibility index (Phi) is 3.65. The van der Waals surface area contributed by atoms with Gasteiger partial charge in [0.2, 0.25) is 0 Å². The second-order valence-electron chi connectivity index (χ2n) is 3.20. The van der Waals surface area contributed by atoms with Crippen LogP contribution < -0.4 is 5.32 Å². The Balaban J connectivity index is 2.41. The molecule has 0 aliphatic carbocycles. The van der Waals surface area contributed by atoms with Crippen molar-refractivity contribution in [2.45, 2.75) is 32.7 Å². The molecule has 0 heterocycles. The van der Waals surface area contributed by atoms with Crippen LogP contribution in [0.25, 0.3) is 0 Å². The first-order valence-electron chi connectivity index (χ1n) is 4.64. The summed E-state index contributed by atoms with van der Waals surface area (Å²) in [6.07, 6.45) is 2.47. The average molecular weight is 163 g/mol.